The predicted octanol–water partition coefficient (Wildman–Crippen LogP) is 5.04. The summed E-state index contributed by atoms with van der Waals surface area (Å²) in [4.78, 5) is 26.7. The molecule has 4 aromatic rings. The van der Waals surface area contributed by atoms with E-state index >= 15 is 0 Å². The number of anilines is 1. The van der Waals surface area contributed by atoms with Crippen molar-refractivity contribution in [2.45, 2.75) is 46.8 Å². The molecule has 37 heavy (non-hydrogen) atoms. The van der Waals surface area contributed by atoms with Crippen LogP contribution in [0.15, 0.2) is 36.4 Å². The van der Waals surface area contributed by atoms with Crippen molar-refractivity contribution in [2.75, 3.05) is 31.1 Å². The smallest absolute Gasteiger partial charge is 0.407 e. The highest BCUT2D eigenvalue weighted by Crippen LogP contribution is 2.37. The first-order valence-corrected chi connectivity index (χ1v) is 12.9. The number of carbonyl (C=O) groups excluding carboxylic acids is 2. The standard InChI is InChI=1S/C28H33N5O4/c1-4-29-27(34)36-16-23-18(3)33-25(24(23)17-37-28(35)30-5-2)21-14-19-10-6-7-11-20(19)15-22(21)26(31-33)32-12-8-9-13-32/h6-7,10-11,14-15H,4-5,8-9,12-13,16-17H2,1-3H3,(H,29,34)(H,30,35). The van der Waals surface area contributed by atoms with Gasteiger partial charge in [-0.3, -0.25) is 0 Å². The van der Waals surface area contributed by atoms with Gasteiger partial charge in [-0.2, -0.15) is 0 Å². The van der Waals surface area contributed by atoms with Gasteiger partial charge in [0.05, 0.1) is 5.52 Å². The van der Waals surface area contributed by atoms with Crippen molar-refractivity contribution in [2.24, 2.45) is 0 Å². The summed E-state index contributed by atoms with van der Waals surface area (Å²) in [7, 11) is 0. The monoisotopic (exact) mass is 503 g/mol. The molecule has 2 amide bonds. The fourth-order valence-corrected chi connectivity index (χ4v) is 5.13. The maximum atomic E-state index is 12.2. The number of rotatable bonds is 7. The van der Waals surface area contributed by atoms with Gasteiger partial charge in [-0.05, 0) is 56.5 Å². The summed E-state index contributed by atoms with van der Waals surface area (Å²) in [5, 5.41) is 14.8. The molecule has 0 radical (unpaired) electrons. The number of nitrogens with zero attached hydrogens (tertiary/aromatic N) is 3. The van der Waals surface area contributed by atoms with Crippen molar-refractivity contribution < 1.29 is 19.1 Å². The van der Waals surface area contributed by atoms with Crippen LogP contribution in [-0.2, 0) is 22.7 Å². The highest BCUT2D eigenvalue weighted by molar-refractivity contribution is 6.10. The number of nitrogens with one attached hydrogen (secondary N) is 2. The lowest BCUT2D eigenvalue weighted by atomic mass is 10.0. The van der Waals surface area contributed by atoms with Gasteiger partial charge >= 0.3 is 12.2 Å². The van der Waals surface area contributed by atoms with Crippen molar-refractivity contribution in [1.82, 2.24) is 20.2 Å². The number of aryl methyl sites for hydroxylation is 1. The Labute approximate surface area is 215 Å². The van der Waals surface area contributed by atoms with E-state index in [0.29, 0.717) is 13.1 Å². The average Bonchev–Trinajstić information content (AvgIpc) is 3.52. The minimum atomic E-state index is -0.494. The van der Waals surface area contributed by atoms with E-state index in [2.05, 4.69) is 39.8 Å². The number of hydrogen-bond acceptors (Lipinski definition) is 6. The number of amides is 2. The van der Waals surface area contributed by atoms with Crippen LogP contribution in [0.2, 0.25) is 0 Å². The van der Waals surface area contributed by atoms with E-state index in [4.69, 9.17) is 14.6 Å². The van der Waals surface area contributed by atoms with Gasteiger partial charge in [0, 0.05) is 53.8 Å². The lowest BCUT2D eigenvalue weighted by molar-refractivity contribution is 0.132. The molecule has 5 rings (SSSR count). The summed E-state index contributed by atoms with van der Waals surface area (Å²) in [5.41, 5.74) is 3.29. The van der Waals surface area contributed by atoms with E-state index in [-0.39, 0.29) is 13.2 Å². The minimum Gasteiger partial charge on any atom is -0.445 e. The molecule has 0 unspecified atom stereocenters. The summed E-state index contributed by atoms with van der Waals surface area (Å²) >= 11 is 0. The van der Waals surface area contributed by atoms with Gasteiger partial charge in [-0.1, -0.05) is 24.3 Å². The Bertz CT molecular complexity index is 1470. The molecule has 0 spiro atoms. The molecular formula is C28H33N5O4. The predicted molar refractivity (Wildman–Crippen MR) is 144 cm³/mol. The molecule has 1 aliphatic heterocycles. The van der Waals surface area contributed by atoms with Crippen LogP contribution in [0.3, 0.4) is 0 Å². The summed E-state index contributed by atoms with van der Waals surface area (Å²) < 4.78 is 13.1. The molecule has 0 atom stereocenters. The highest BCUT2D eigenvalue weighted by atomic mass is 16.6. The van der Waals surface area contributed by atoms with Crippen molar-refractivity contribution in [3.05, 3.63) is 53.2 Å². The molecule has 1 fully saturated rings. The third-order valence-corrected chi connectivity index (χ3v) is 6.94. The van der Waals surface area contributed by atoms with Gasteiger partial charge in [0.15, 0.2) is 5.82 Å². The molecule has 2 aromatic carbocycles. The zero-order valence-electron chi connectivity index (χ0n) is 21.6. The first kappa shape index (κ1) is 24.7. The van der Waals surface area contributed by atoms with Crippen LogP contribution in [0.4, 0.5) is 15.4 Å². The highest BCUT2D eigenvalue weighted by Gasteiger charge is 2.25. The third kappa shape index (κ3) is 4.73. The van der Waals surface area contributed by atoms with Crippen molar-refractivity contribution in [1.29, 1.82) is 0 Å². The lowest BCUT2D eigenvalue weighted by Gasteiger charge is -2.20. The second-order valence-electron chi connectivity index (χ2n) is 9.28. The number of carbonyl (C=O) groups is 2. The maximum absolute atomic E-state index is 12.2. The van der Waals surface area contributed by atoms with E-state index < -0.39 is 12.2 Å². The molecule has 2 N–H and O–H groups in total. The van der Waals surface area contributed by atoms with Crippen LogP contribution in [0.5, 0.6) is 0 Å². The van der Waals surface area contributed by atoms with Gasteiger partial charge < -0.3 is 25.0 Å². The zero-order valence-corrected chi connectivity index (χ0v) is 21.6. The van der Waals surface area contributed by atoms with Crippen LogP contribution in [-0.4, -0.2) is 48.0 Å². The first-order valence-electron chi connectivity index (χ1n) is 12.9. The zero-order chi connectivity index (χ0) is 25.9. The van der Waals surface area contributed by atoms with Crippen molar-refractivity contribution in [3.63, 3.8) is 0 Å². The summed E-state index contributed by atoms with van der Waals surface area (Å²) in [5.74, 6) is 0.941. The van der Waals surface area contributed by atoms with Gasteiger partial charge in [0.2, 0.25) is 0 Å². The van der Waals surface area contributed by atoms with Crippen LogP contribution >= 0.6 is 0 Å². The summed E-state index contributed by atoms with van der Waals surface area (Å²) in [6, 6.07) is 12.7. The molecule has 9 heteroatoms. The van der Waals surface area contributed by atoms with Gasteiger partial charge in [-0.25, -0.2) is 14.1 Å². The van der Waals surface area contributed by atoms with Crippen LogP contribution in [0.25, 0.3) is 27.1 Å². The molecule has 1 saturated heterocycles. The SMILES string of the molecule is CCNC(=O)OCc1c(COC(=O)NCC)c2c3cc4ccccc4cc3c(N3CCCC3)nn2c1C. The number of fused-ring (bicyclic) bond motifs is 4. The summed E-state index contributed by atoms with van der Waals surface area (Å²) in [6.45, 7) is 8.58. The Kier molecular flexibility index (Phi) is 7.03. The van der Waals surface area contributed by atoms with Crippen molar-refractivity contribution >= 4 is 45.1 Å². The fourth-order valence-electron chi connectivity index (χ4n) is 5.13. The van der Waals surface area contributed by atoms with E-state index in [1.807, 2.05) is 37.4 Å². The fraction of sp³-hybridized carbons (Fsp3) is 0.393. The molecule has 3 heterocycles. The molecule has 194 valence electrons. The van der Waals surface area contributed by atoms with Crippen molar-refractivity contribution in [3.8, 4) is 0 Å². The molecule has 1 aliphatic rings. The minimum absolute atomic E-state index is 0.0317. The first-order chi connectivity index (χ1) is 18.0. The molecule has 2 aromatic heterocycles. The second kappa shape index (κ2) is 10.5. The average molecular weight is 504 g/mol. The number of ether oxygens (including phenoxy) is 2. The Hall–Kier alpha value is -4.01. The number of benzene rings is 2. The maximum Gasteiger partial charge on any atom is 0.407 e. The number of alkyl carbamates (subject to hydrolysis) is 2. The lowest BCUT2D eigenvalue weighted by Crippen LogP contribution is -2.24. The molecule has 9 nitrogen and oxygen atoms in total. The van der Waals surface area contributed by atoms with E-state index in [1.54, 1.807) is 0 Å². The normalized spacial score (nSPS) is 13.4. The van der Waals surface area contributed by atoms with Crippen LogP contribution < -0.4 is 15.5 Å². The van der Waals surface area contributed by atoms with E-state index in [0.717, 1.165) is 75.6 Å². The van der Waals surface area contributed by atoms with E-state index in [1.165, 1.54) is 0 Å². The topological polar surface area (TPSA) is 97.2 Å². The summed E-state index contributed by atoms with van der Waals surface area (Å²) in [6.07, 6.45) is 1.29. The van der Waals surface area contributed by atoms with Gasteiger partial charge in [0.1, 0.15) is 13.2 Å². The van der Waals surface area contributed by atoms with E-state index in [9.17, 15) is 9.59 Å². The molecule has 0 saturated carbocycles. The number of aromatic nitrogens is 2. The molecule has 0 aliphatic carbocycles. The van der Waals surface area contributed by atoms with Gasteiger partial charge in [0.25, 0.3) is 0 Å². The largest absolute Gasteiger partial charge is 0.445 e. The van der Waals surface area contributed by atoms with Crippen LogP contribution in [0.1, 0.15) is 43.5 Å². The number of hydrogen-bond donors (Lipinski definition) is 2. The third-order valence-electron chi connectivity index (χ3n) is 6.94. The Balaban J connectivity index is 1.75. The Morgan fingerprint density at radius 2 is 1.46 bits per heavy atom. The Morgan fingerprint density at radius 3 is 2.05 bits per heavy atom. The van der Waals surface area contributed by atoms with Crippen LogP contribution in [0, 0.1) is 6.92 Å². The second-order valence-corrected chi connectivity index (χ2v) is 9.28. The Morgan fingerprint density at radius 1 is 0.892 bits per heavy atom. The van der Waals surface area contributed by atoms with Gasteiger partial charge in [-0.15, -0.1) is 5.10 Å². The quantitative estimate of drug-likeness (QED) is 0.343. The molecule has 0 bridgehead atoms. The molecular weight excluding hydrogens is 470 g/mol.